The summed E-state index contributed by atoms with van der Waals surface area (Å²) in [5.74, 6) is -0.351. The molecule has 3 rings (SSSR count). The van der Waals surface area contributed by atoms with Gasteiger partial charge in [-0.2, -0.15) is 4.98 Å². The van der Waals surface area contributed by atoms with Crippen molar-refractivity contribution in [3.05, 3.63) is 47.3 Å². The van der Waals surface area contributed by atoms with E-state index >= 15 is 0 Å². The monoisotopic (exact) mass is 376 g/mol. The topological polar surface area (TPSA) is 67.3 Å². The molecule has 0 radical (unpaired) electrons. The lowest BCUT2D eigenvalue weighted by atomic mass is 10.1. The van der Waals surface area contributed by atoms with Gasteiger partial charge in [0.15, 0.2) is 0 Å². The largest absolute Gasteiger partial charge is 0.476 e. The van der Waals surface area contributed by atoms with E-state index in [1.165, 1.54) is 6.42 Å². The first-order valence-electron chi connectivity index (χ1n) is 8.99. The summed E-state index contributed by atoms with van der Waals surface area (Å²) in [6.45, 7) is 4.08. The van der Waals surface area contributed by atoms with Crippen LogP contribution in [0.25, 0.3) is 0 Å². The number of halogens is 2. The van der Waals surface area contributed by atoms with Gasteiger partial charge >= 0.3 is 0 Å². The summed E-state index contributed by atoms with van der Waals surface area (Å²) in [5.41, 5.74) is -0.207. The number of aryl methyl sites for hydroxylation is 1. The molecule has 6 nitrogen and oxygen atoms in total. The van der Waals surface area contributed by atoms with Crippen LogP contribution in [0.5, 0.6) is 5.88 Å². The fraction of sp³-hybridized carbons (Fsp3) is 0.421. The van der Waals surface area contributed by atoms with Crippen LogP contribution in [0, 0.1) is 18.6 Å². The van der Waals surface area contributed by atoms with Gasteiger partial charge in [0.05, 0.1) is 12.1 Å². The fourth-order valence-electron chi connectivity index (χ4n) is 2.97. The highest BCUT2D eigenvalue weighted by Gasteiger charge is 2.15. The number of hydrogen-bond donors (Lipinski definition) is 1. The van der Waals surface area contributed by atoms with Crippen molar-refractivity contribution in [1.29, 1.82) is 0 Å². The summed E-state index contributed by atoms with van der Waals surface area (Å²) in [4.78, 5) is 22.9. The van der Waals surface area contributed by atoms with Crippen LogP contribution in [0.3, 0.4) is 0 Å². The quantitative estimate of drug-likeness (QED) is 0.786. The summed E-state index contributed by atoms with van der Waals surface area (Å²) in [7, 11) is 0. The minimum atomic E-state index is -0.897. The van der Waals surface area contributed by atoms with E-state index in [2.05, 4.69) is 20.2 Å². The van der Waals surface area contributed by atoms with Crippen LogP contribution >= 0.6 is 0 Å². The third-order valence-corrected chi connectivity index (χ3v) is 4.29. The van der Waals surface area contributed by atoms with E-state index in [0.29, 0.717) is 17.8 Å². The molecular weight excluding hydrogens is 354 g/mol. The molecule has 1 aromatic heterocycles. The molecule has 2 heterocycles. The van der Waals surface area contributed by atoms with Crippen LogP contribution in [0.4, 0.5) is 14.6 Å². The predicted molar refractivity (Wildman–Crippen MR) is 97.0 cm³/mol. The number of ether oxygens (including phenoxy) is 1. The normalized spacial score (nSPS) is 14.1. The molecule has 144 valence electrons. The van der Waals surface area contributed by atoms with E-state index < -0.39 is 17.5 Å². The molecular formula is C19H22F2N4O2. The van der Waals surface area contributed by atoms with Crippen molar-refractivity contribution in [1.82, 2.24) is 15.3 Å². The van der Waals surface area contributed by atoms with Crippen LogP contribution in [0.2, 0.25) is 0 Å². The van der Waals surface area contributed by atoms with Gasteiger partial charge in [0.1, 0.15) is 29.9 Å². The average molecular weight is 376 g/mol. The summed E-state index contributed by atoms with van der Waals surface area (Å²) in [6, 6.07) is 4.62. The van der Waals surface area contributed by atoms with E-state index in [4.69, 9.17) is 4.74 Å². The molecule has 1 aliphatic rings. The van der Waals surface area contributed by atoms with Crippen LogP contribution in [0.15, 0.2) is 24.3 Å². The second-order valence-electron chi connectivity index (χ2n) is 6.39. The maximum absolute atomic E-state index is 13.6. The minimum Gasteiger partial charge on any atom is -0.476 e. The van der Waals surface area contributed by atoms with Gasteiger partial charge in [-0.15, -0.1) is 0 Å². The Bertz CT molecular complexity index is 810. The maximum atomic E-state index is 13.6. The number of amides is 1. The Morgan fingerprint density at radius 3 is 2.70 bits per heavy atom. The van der Waals surface area contributed by atoms with Crippen molar-refractivity contribution in [3.8, 4) is 5.88 Å². The zero-order valence-corrected chi connectivity index (χ0v) is 15.2. The molecule has 8 heteroatoms. The smallest absolute Gasteiger partial charge is 0.254 e. The number of carbonyl (C=O) groups is 1. The van der Waals surface area contributed by atoms with Crippen LogP contribution in [0.1, 0.15) is 35.4 Å². The highest BCUT2D eigenvalue weighted by Crippen LogP contribution is 2.21. The van der Waals surface area contributed by atoms with Crippen molar-refractivity contribution in [3.63, 3.8) is 0 Å². The molecule has 0 aliphatic carbocycles. The molecule has 1 aromatic carbocycles. The van der Waals surface area contributed by atoms with Crippen molar-refractivity contribution >= 4 is 11.7 Å². The van der Waals surface area contributed by atoms with Crippen molar-refractivity contribution < 1.29 is 18.3 Å². The van der Waals surface area contributed by atoms with Crippen LogP contribution < -0.4 is 15.0 Å². The van der Waals surface area contributed by atoms with E-state index in [1.807, 2.05) is 0 Å². The SMILES string of the molecule is Cc1nc(OCCNC(=O)c2ccc(F)cc2F)cc(N2CCCCC2)n1. The van der Waals surface area contributed by atoms with E-state index in [1.54, 1.807) is 13.0 Å². The number of piperidine rings is 1. The van der Waals surface area contributed by atoms with E-state index in [-0.39, 0.29) is 18.7 Å². The number of carbonyl (C=O) groups excluding carboxylic acids is 1. The molecule has 0 spiro atoms. The summed E-state index contributed by atoms with van der Waals surface area (Å²) in [5, 5.41) is 2.54. The van der Waals surface area contributed by atoms with Gasteiger partial charge in [-0.3, -0.25) is 4.79 Å². The highest BCUT2D eigenvalue weighted by molar-refractivity contribution is 5.94. The van der Waals surface area contributed by atoms with Gasteiger partial charge in [-0.05, 0) is 38.3 Å². The van der Waals surface area contributed by atoms with Crippen molar-refractivity contribution in [2.45, 2.75) is 26.2 Å². The second kappa shape index (κ2) is 8.75. The van der Waals surface area contributed by atoms with Crippen LogP contribution in [-0.2, 0) is 0 Å². The molecule has 27 heavy (non-hydrogen) atoms. The summed E-state index contributed by atoms with van der Waals surface area (Å²) >= 11 is 0. The van der Waals surface area contributed by atoms with E-state index in [0.717, 1.165) is 43.9 Å². The molecule has 0 saturated carbocycles. The first kappa shape index (κ1) is 19.0. The highest BCUT2D eigenvalue weighted by atomic mass is 19.1. The third-order valence-electron chi connectivity index (χ3n) is 4.29. The molecule has 1 saturated heterocycles. The Morgan fingerprint density at radius 2 is 1.96 bits per heavy atom. The van der Waals surface area contributed by atoms with Gasteiger partial charge in [-0.25, -0.2) is 13.8 Å². The third kappa shape index (κ3) is 5.12. The molecule has 1 fully saturated rings. The zero-order chi connectivity index (χ0) is 19.2. The first-order valence-corrected chi connectivity index (χ1v) is 8.99. The standard InChI is InChI=1S/C19H22F2N4O2/c1-13-23-17(25-8-3-2-4-9-25)12-18(24-13)27-10-7-22-19(26)15-6-5-14(20)11-16(15)21/h5-6,11-12H,2-4,7-10H2,1H3,(H,22,26). The second-order valence-corrected chi connectivity index (χ2v) is 6.39. The predicted octanol–water partition coefficient (Wildman–Crippen LogP) is 2.86. The maximum Gasteiger partial charge on any atom is 0.254 e. The summed E-state index contributed by atoms with van der Waals surface area (Å²) in [6.07, 6.45) is 3.52. The van der Waals surface area contributed by atoms with E-state index in [9.17, 15) is 13.6 Å². The average Bonchev–Trinajstić information content (AvgIpc) is 2.65. The lowest BCUT2D eigenvalue weighted by Crippen LogP contribution is -2.30. The zero-order valence-electron chi connectivity index (χ0n) is 15.2. The van der Waals surface area contributed by atoms with Crippen molar-refractivity contribution in [2.24, 2.45) is 0 Å². The molecule has 0 unspecified atom stereocenters. The number of rotatable bonds is 6. The summed E-state index contributed by atoms with van der Waals surface area (Å²) < 4.78 is 32.1. The van der Waals surface area contributed by atoms with Gasteiger partial charge in [0.2, 0.25) is 5.88 Å². The van der Waals surface area contributed by atoms with Gasteiger partial charge < -0.3 is 15.0 Å². The number of aromatic nitrogens is 2. The first-order chi connectivity index (χ1) is 13.0. The number of nitrogens with zero attached hydrogens (tertiary/aromatic N) is 3. The Balaban J connectivity index is 1.52. The molecule has 0 atom stereocenters. The Morgan fingerprint density at radius 1 is 1.19 bits per heavy atom. The Hall–Kier alpha value is -2.77. The lowest BCUT2D eigenvalue weighted by molar-refractivity contribution is 0.0942. The van der Waals surface area contributed by atoms with Gasteiger partial charge in [-0.1, -0.05) is 0 Å². The number of anilines is 1. The van der Waals surface area contributed by atoms with Gasteiger partial charge in [0.25, 0.3) is 5.91 Å². The molecule has 1 N–H and O–H groups in total. The number of nitrogens with one attached hydrogen (secondary N) is 1. The minimum absolute atomic E-state index is 0.164. The number of benzene rings is 1. The molecule has 2 aromatic rings. The van der Waals surface area contributed by atoms with Crippen molar-refractivity contribution in [2.75, 3.05) is 31.1 Å². The number of hydrogen-bond acceptors (Lipinski definition) is 5. The molecule has 1 amide bonds. The molecule has 0 bridgehead atoms. The van der Waals surface area contributed by atoms with Crippen LogP contribution in [-0.4, -0.2) is 42.1 Å². The Kier molecular flexibility index (Phi) is 6.16. The Labute approximate surface area is 156 Å². The lowest BCUT2D eigenvalue weighted by Gasteiger charge is -2.28. The molecule has 1 aliphatic heterocycles. The van der Waals surface area contributed by atoms with Gasteiger partial charge in [0, 0.05) is 25.2 Å². The fourth-order valence-corrected chi connectivity index (χ4v) is 2.97.